The number of carbonyl (C=O) groups is 2. The van der Waals surface area contributed by atoms with Crippen LogP contribution >= 0.6 is 0 Å². The number of nitrogens with zero attached hydrogens (tertiary/aromatic N) is 4. The molecule has 0 spiro atoms. The number of anilines is 2. The second-order valence-corrected chi connectivity index (χ2v) is 7.21. The summed E-state index contributed by atoms with van der Waals surface area (Å²) in [4.78, 5) is 28.5. The summed E-state index contributed by atoms with van der Waals surface area (Å²) >= 11 is 0. The maximum atomic E-state index is 12.4. The highest BCUT2D eigenvalue weighted by molar-refractivity contribution is 6.01. The van der Waals surface area contributed by atoms with Crippen LogP contribution < -0.4 is 10.6 Å². The molecule has 144 valence electrons. The van der Waals surface area contributed by atoms with Gasteiger partial charge in [-0.1, -0.05) is 27.4 Å². The Bertz CT molecular complexity index is 994. The number of hydrogen-bond acceptors (Lipinski definition) is 4. The van der Waals surface area contributed by atoms with Crippen LogP contribution in [0.15, 0.2) is 61.7 Å². The molecule has 0 saturated heterocycles. The molecule has 1 aromatic carbocycles. The molecule has 3 rings (SSSR count). The molecule has 0 fully saturated rings. The SMILES string of the molecule is C=CC(=O)n1nc(C(C)(C)C)cc1NC(=O)Nc1ccc(-n2ccnc2)cc1. The van der Waals surface area contributed by atoms with Crippen molar-refractivity contribution in [3.8, 4) is 5.69 Å². The van der Waals surface area contributed by atoms with Crippen molar-refractivity contribution in [2.75, 3.05) is 10.6 Å². The van der Waals surface area contributed by atoms with Crippen molar-refractivity contribution in [2.24, 2.45) is 0 Å². The molecular formula is C20H22N6O2. The highest BCUT2D eigenvalue weighted by Crippen LogP contribution is 2.24. The van der Waals surface area contributed by atoms with E-state index in [1.165, 1.54) is 0 Å². The molecule has 28 heavy (non-hydrogen) atoms. The molecule has 8 nitrogen and oxygen atoms in total. The van der Waals surface area contributed by atoms with Gasteiger partial charge in [0.25, 0.3) is 5.91 Å². The summed E-state index contributed by atoms with van der Waals surface area (Å²) < 4.78 is 2.99. The highest BCUT2D eigenvalue weighted by Gasteiger charge is 2.22. The first-order valence-electron chi connectivity index (χ1n) is 8.71. The molecule has 0 aliphatic rings. The number of carbonyl (C=O) groups excluding carboxylic acids is 2. The second kappa shape index (κ2) is 7.51. The van der Waals surface area contributed by atoms with Crippen LogP contribution in [0.4, 0.5) is 16.3 Å². The predicted octanol–water partition coefficient (Wildman–Crippen LogP) is 3.84. The van der Waals surface area contributed by atoms with E-state index < -0.39 is 11.9 Å². The maximum Gasteiger partial charge on any atom is 0.324 e. The lowest BCUT2D eigenvalue weighted by molar-refractivity contribution is 0.0956. The summed E-state index contributed by atoms with van der Waals surface area (Å²) in [6.07, 6.45) is 6.37. The molecule has 2 amide bonds. The van der Waals surface area contributed by atoms with E-state index in [-0.39, 0.29) is 11.2 Å². The van der Waals surface area contributed by atoms with E-state index in [0.717, 1.165) is 16.4 Å². The molecule has 2 heterocycles. The molecule has 0 atom stereocenters. The minimum atomic E-state index is -0.478. The molecule has 8 heteroatoms. The standard InChI is InChI=1S/C20H22N6O2/c1-5-18(27)26-17(12-16(24-26)20(2,3)4)23-19(28)22-14-6-8-15(9-7-14)25-11-10-21-13-25/h5-13H,1H2,2-4H3,(H2,22,23,28). The minimum absolute atomic E-state index is 0.275. The van der Waals surface area contributed by atoms with Crippen LogP contribution in [0.2, 0.25) is 0 Å². The smallest absolute Gasteiger partial charge is 0.308 e. The Balaban J connectivity index is 1.75. The zero-order valence-corrected chi connectivity index (χ0v) is 16.0. The summed E-state index contributed by atoms with van der Waals surface area (Å²) in [6, 6.07) is 8.49. The van der Waals surface area contributed by atoms with E-state index in [1.807, 2.05) is 43.7 Å². The Kier molecular flexibility index (Phi) is 5.12. The van der Waals surface area contributed by atoms with Crippen molar-refractivity contribution in [3.63, 3.8) is 0 Å². The molecule has 2 N–H and O–H groups in total. The molecule has 3 aromatic rings. The Labute approximate surface area is 162 Å². The zero-order valence-electron chi connectivity index (χ0n) is 16.0. The third-order valence-electron chi connectivity index (χ3n) is 4.03. The number of amides is 2. The van der Waals surface area contributed by atoms with Crippen molar-refractivity contribution in [2.45, 2.75) is 26.2 Å². The van der Waals surface area contributed by atoms with Crippen LogP contribution in [0.25, 0.3) is 5.69 Å². The number of urea groups is 1. The first kappa shape index (κ1) is 19.1. The Morgan fingerprint density at radius 2 is 1.86 bits per heavy atom. The summed E-state index contributed by atoms with van der Waals surface area (Å²) in [6.45, 7) is 9.41. The van der Waals surface area contributed by atoms with Crippen molar-refractivity contribution in [3.05, 3.63) is 67.4 Å². The topological polar surface area (TPSA) is 93.8 Å². The number of imidazole rings is 1. The number of nitrogens with one attached hydrogen (secondary N) is 2. The van der Waals surface area contributed by atoms with Gasteiger partial charge in [0, 0.05) is 35.2 Å². The van der Waals surface area contributed by atoms with Crippen LogP contribution in [-0.2, 0) is 5.41 Å². The molecule has 0 aliphatic heterocycles. The Morgan fingerprint density at radius 1 is 1.14 bits per heavy atom. The molecule has 0 unspecified atom stereocenters. The molecule has 2 aromatic heterocycles. The second-order valence-electron chi connectivity index (χ2n) is 7.21. The van der Waals surface area contributed by atoms with E-state index in [2.05, 4.69) is 27.3 Å². The minimum Gasteiger partial charge on any atom is -0.308 e. The molecule has 0 aliphatic carbocycles. The van der Waals surface area contributed by atoms with Gasteiger partial charge in [-0.15, -0.1) is 0 Å². The van der Waals surface area contributed by atoms with Crippen LogP contribution in [0.5, 0.6) is 0 Å². The van der Waals surface area contributed by atoms with Gasteiger partial charge >= 0.3 is 6.03 Å². The molecule has 0 radical (unpaired) electrons. The maximum absolute atomic E-state index is 12.4. The third-order valence-corrected chi connectivity index (χ3v) is 4.03. The average molecular weight is 378 g/mol. The lowest BCUT2D eigenvalue weighted by Crippen LogP contribution is -2.23. The first-order valence-corrected chi connectivity index (χ1v) is 8.71. The molecule has 0 bridgehead atoms. The van der Waals surface area contributed by atoms with E-state index in [1.54, 1.807) is 30.7 Å². The van der Waals surface area contributed by atoms with Gasteiger partial charge in [-0.05, 0) is 30.3 Å². The van der Waals surface area contributed by atoms with Gasteiger partial charge in [0.2, 0.25) is 0 Å². The van der Waals surface area contributed by atoms with E-state index in [0.29, 0.717) is 11.4 Å². The van der Waals surface area contributed by atoms with Gasteiger partial charge in [-0.2, -0.15) is 9.78 Å². The fourth-order valence-electron chi connectivity index (χ4n) is 2.50. The van der Waals surface area contributed by atoms with Crippen LogP contribution in [0.1, 0.15) is 31.3 Å². The van der Waals surface area contributed by atoms with Crippen LogP contribution in [-0.4, -0.2) is 31.3 Å². The van der Waals surface area contributed by atoms with Crippen molar-refractivity contribution >= 4 is 23.4 Å². The normalized spacial score (nSPS) is 11.1. The number of allylic oxidation sites excluding steroid dienone is 1. The number of benzene rings is 1. The lowest BCUT2D eigenvalue weighted by atomic mass is 9.92. The summed E-state index contributed by atoms with van der Waals surface area (Å²) in [5.41, 5.74) is 1.94. The van der Waals surface area contributed by atoms with Gasteiger partial charge in [0.15, 0.2) is 0 Å². The number of rotatable bonds is 4. The van der Waals surface area contributed by atoms with Gasteiger partial charge in [0.05, 0.1) is 12.0 Å². The molecular weight excluding hydrogens is 356 g/mol. The highest BCUT2D eigenvalue weighted by atomic mass is 16.2. The fraction of sp³-hybridized carbons (Fsp3) is 0.200. The Hall–Kier alpha value is -3.68. The van der Waals surface area contributed by atoms with Crippen molar-refractivity contribution in [1.29, 1.82) is 0 Å². The largest absolute Gasteiger partial charge is 0.324 e. The third kappa shape index (κ3) is 4.17. The van der Waals surface area contributed by atoms with Gasteiger partial charge in [-0.3, -0.25) is 10.1 Å². The quantitative estimate of drug-likeness (QED) is 0.675. The Morgan fingerprint density at radius 3 is 2.43 bits per heavy atom. The van der Waals surface area contributed by atoms with Crippen LogP contribution in [0, 0.1) is 0 Å². The van der Waals surface area contributed by atoms with E-state index in [9.17, 15) is 9.59 Å². The monoisotopic (exact) mass is 378 g/mol. The molecule has 0 saturated carbocycles. The number of hydrogen-bond donors (Lipinski definition) is 2. The zero-order chi connectivity index (χ0) is 20.3. The lowest BCUT2D eigenvalue weighted by Gasteiger charge is -2.13. The summed E-state index contributed by atoms with van der Waals surface area (Å²) in [7, 11) is 0. The van der Waals surface area contributed by atoms with Crippen LogP contribution in [0.3, 0.4) is 0 Å². The predicted molar refractivity (Wildman–Crippen MR) is 108 cm³/mol. The van der Waals surface area contributed by atoms with Gasteiger partial charge in [0.1, 0.15) is 5.82 Å². The van der Waals surface area contributed by atoms with Gasteiger partial charge in [-0.25, -0.2) is 9.78 Å². The summed E-state index contributed by atoms with van der Waals surface area (Å²) in [5.74, 6) is -0.141. The van der Waals surface area contributed by atoms with Crippen molar-refractivity contribution < 1.29 is 9.59 Å². The summed E-state index contributed by atoms with van der Waals surface area (Å²) in [5, 5.41) is 9.71. The van der Waals surface area contributed by atoms with Crippen molar-refractivity contribution in [1.82, 2.24) is 19.3 Å². The van der Waals surface area contributed by atoms with E-state index >= 15 is 0 Å². The van der Waals surface area contributed by atoms with E-state index in [4.69, 9.17) is 0 Å². The number of aromatic nitrogens is 4. The van der Waals surface area contributed by atoms with Gasteiger partial charge < -0.3 is 9.88 Å². The fourth-order valence-corrected chi connectivity index (χ4v) is 2.50. The first-order chi connectivity index (χ1) is 13.3. The average Bonchev–Trinajstić information content (AvgIpc) is 3.31.